The van der Waals surface area contributed by atoms with Crippen LogP contribution < -0.4 is 4.74 Å². The Hall–Kier alpha value is -1.33. The van der Waals surface area contributed by atoms with Crippen LogP contribution in [0.2, 0.25) is 0 Å². The maximum absolute atomic E-state index is 12.1. The largest absolute Gasteiger partial charge is 0.496 e. The molecule has 1 amide bonds. The Morgan fingerprint density at radius 1 is 1.52 bits per heavy atom. The summed E-state index contributed by atoms with van der Waals surface area (Å²) in [4.78, 5) is 13.8. The van der Waals surface area contributed by atoms with Crippen LogP contribution in [0.5, 0.6) is 5.75 Å². The van der Waals surface area contributed by atoms with Crippen LogP contribution in [0.1, 0.15) is 18.4 Å². The van der Waals surface area contributed by atoms with Crippen LogP contribution in [-0.4, -0.2) is 42.7 Å². The monoisotopic (exact) mass is 353 g/mol. The standard InChI is InChI=1S/C16H20BrNO3/c1-18(10-11-7-14(19)8-11)16(20)6-3-12-9-13(17)4-5-15(12)21-2/h3-6,9,11,14,19H,7-8,10H2,1-2H3. The molecule has 1 aliphatic carbocycles. The predicted octanol–water partition coefficient (Wildman–Crippen LogP) is 2.70. The molecule has 1 aromatic carbocycles. The molecule has 1 aliphatic rings. The number of methoxy groups -OCH3 is 1. The molecule has 0 bridgehead atoms. The summed E-state index contributed by atoms with van der Waals surface area (Å²) in [6.07, 6.45) is 4.72. The third kappa shape index (κ3) is 4.32. The summed E-state index contributed by atoms with van der Waals surface area (Å²) in [7, 11) is 3.39. The molecular weight excluding hydrogens is 334 g/mol. The number of rotatable bonds is 5. The quantitative estimate of drug-likeness (QED) is 0.828. The van der Waals surface area contributed by atoms with E-state index >= 15 is 0 Å². The van der Waals surface area contributed by atoms with E-state index in [1.54, 1.807) is 31.2 Å². The van der Waals surface area contributed by atoms with E-state index in [0.717, 1.165) is 28.6 Å². The molecule has 1 saturated carbocycles. The van der Waals surface area contributed by atoms with E-state index in [0.29, 0.717) is 12.5 Å². The van der Waals surface area contributed by atoms with E-state index in [4.69, 9.17) is 4.74 Å². The van der Waals surface area contributed by atoms with Gasteiger partial charge in [-0.05, 0) is 43.0 Å². The molecule has 0 spiro atoms. The topological polar surface area (TPSA) is 49.8 Å². The minimum Gasteiger partial charge on any atom is -0.496 e. The van der Waals surface area contributed by atoms with Crippen LogP contribution in [0, 0.1) is 5.92 Å². The molecule has 0 saturated heterocycles. The van der Waals surface area contributed by atoms with E-state index < -0.39 is 0 Å². The Morgan fingerprint density at radius 2 is 2.24 bits per heavy atom. The zero-order valence-corrected chi connectivity index (χ0v) is 13.8. The summed E-state index contributed by atoms with van der Waals surface area (Å²) in [6, 6.07) is 5.66. The van der Waals surface area contributed by atoms with Gasteiger partial charge in [0, 0.05) is 29.7 Å². The lowest BCUT2D eigenvalue weighted by Crippen LogP contribution is -2.38. The molecule has 0 radical (unpaired) electrons. The number of carbonyl (C=O) groups is 1. The Labute approximate surface area is 133 Å². The number of carbonyl (C=O) groups excluding carboxylic acids is 1. The fraction of sp³-hybridized carbons (Fsp3) is 0.438. The number of amides is 1. The first-order valence-electron chi connectivity index (χ1n) is 6.94. The first-order chi connectivity index (χ1) is 9.99. The number of benzene rings is 1. The fourth-order valence-electron chi connectivity index (χ4n) is 2.45. The van der Waals surface area contributed by atoms with Gasteiger partial charge < -0.3 is 14.7 Å². The SMILES string of the molecule is COc1ccc(Br)cc1C=CC(=O)N(C)CC1CC(O)C1. The molecule has 1 fully saturated rings. The van der Waals surface area contributed by atoms with Crippen LogP contribution in [0.25, 0.3) is 6.08 Å². The van der Waals surface area contributed by atoms with Crippen molar-refractivity contribution < 1.29 is 14.6 Å². The van der Waals surface area contributed by atoms with E-state index in [9.17, 15) is 9.90 Å². The van der Waals surface area contributed by atoms with E-state index in [1.165, 1.54) is 0 Å². The lowest BCUT2D eigenvalue weighted by Gasteiger charge is -2.34. The molecular formula is C16H20BrNO3. The number of halogens is 1. The van der Waals surface area contributed by atoms with E-state index in [-0.39, 0.29) is 12.0 Å². The molecule has 0 aromatic heterocycles. The Morgan fingerprint density at radius 3 is 2.86 bits per heavy atom. The van der Waals surface area contributed by atoms with E-state index in [1.807, 2.05) is 18.2 Å². The zero-order chi connectivity index (χ0) is 15.4. The number of hydrogen-bond donors (Lipinski definition) is 1. The van der Waals surface area contributed by atoms with Gasteiger partial charge in [-0.25, -0.2) is 0 Å². The summed E-state index contributed by atoms with van der Waals surface area (Å²) in [6.45, 7) is 0.690. The molecule has 5 heteroatoms. The summed E-state index contributed by atoms with van der Waals surface area (Å²) >= 11 is 3.41. The second-order valence-electron chi connectivity index (χ2n) is 5.43. The maximum Gasteiger partial charge on any atom is 0.246 e. The van der Waals surface area contributed by atoms with Gasteiger partial charge in [0.05, 0.1) is 13.2 Å². The molecule has 1 N–H and O–H groups in total. The van der Waals surface area contributed by atoms with Gasteiger partial charge in [0.15, 0.2) is 0 Å². The van der Waals surface area contributed by atoms with Crippen LogP contribution in [0.4, 0.5) is 0 Å². The zero-order valence-electron chi connectivity index (χ0n) is 12.3. The van der Waals surface area contributed by atoms with Crippen molar-refractivity contribution in [2.24, 2.45) is 5.92 Å². The fourth-order valence-corrected chi connectivity index (χ4v) is 2.83. The summed E-state index contributed by atoms with van der Waals surface area (Å²) in [5.41, 5.74) is 0.854. The molecule has 0 aliphatic heterocycles. The third-order valence-corrected chi connectivity index (χ3v) is 4.21. The Kier molecular flexibility index (Phi) is 5.42. The Balaban J connectivity index is 1.96. The van der Waals surface area contributed by atoms with Crippen LogP contribution >= 0.6 is 15.9 Å². The van der Waals surface area contributed by atoms with Gasteiger partial charge in [0.1, 0.15) is 5.75 Å². The van der Waals surface area contributed by atoms with Crippen LogP contribution in [0.3, 0.4) is 0 Å². The lowest BCUT2D eigenvalue weighted by atomic mass is 9.82. The first-order valence-corrected chi connectivity index (χ1v) is 7.73. The molecule has 21 heavy (non-hydrogen) atoms. The normalized spacial score (nSPS) is 21.1. The van der Waals surface area contributed by atoms with Gasteiger partial charge in [-0.2, -0.15) is 0 Å². The first kappa shape index (κ1) is 16.0. The van der Waals surface area contributed by atoms with E-state index in [2.05, 4.69) is 15.9 Å². The van der Waals surface area contributed by atoms with Crippen molar-refractivity contribution in [1.29, 1.82) is 0 Å². The highest BCUT2D eigenvalue weighted by Gasteiger charge is 2.28. The minimum absolute atomic E-state index is 0.0431. The van der Waals surface area contributed by atoms with Crippen molar-refractivity contribution in [2.45, 2.75) is 18.9 Å². The summed E-state index contributed by atoms with van der Waals surface area (Å²) in [5.74, 6) is 1.10. The molecule has 114 valence electrons. The van der Waals surface area contributed by atoms with Crippen molar-refractivity contribution in [1.82, 2.24) is 4.90 Å². The van der Waals surface area contributed by atoms with Crippen molar-refractivity contribution >= 4 is 27.9 Å². The minimum atomic E-state index is -0.181. The number of aliphatic hydroxyl groups excluding tert-OH is 1. The van der Waals surface area contributed by atoms with Crippen molar-refractivity contribution in [2.75, 3.05) is 20.7 Å². The molecule has 0 unspecified atom stereocenters. The molecule has 4 nitrogen and oxygen atoms in total. The average Bonchev–Trinajstić information content (AvgIpc) is 2.43. The van der Waals surface area contributed by atoms with Gasteiger partial charge in [0.25, 0.3) is 0 Å². The number of nitrogens with zero attached hydrogens (tertiary/aromatic N) is 1. The van der Waals surface area contributed by atoms with Gasteiger partial charge >= 0.3 is 0 Å². The summed E-state index contributed by atoms with van der Waals surface area (Å²) < 4.78 is 6.21. The predicted molar refractivity (Wildman–Crippen MR) is 86.1 cm³/mol. The van der Waals surface area contributed by atoms with Gasteiger partial charge in [-0.15, -0.1) is 0 Å². The highest BCUT2D eigenvalue weighted by atomic mass is 79.9. The summed E-state index contributed by atoms with van der Waals surface area (Å²) in [5, 5.41) is 9.27. The van der Waals surface area contributed by atoms with Crippen LogP contribution in [-0.2, 0) is 4.79 Å². The third-order valence-electron chi connectivity index (χ3n) is 3.72. The lowest BCUT2D eigenvalue weighted by molar-refractivity contribution is -0.126. The molecule has 0 heterocycles. The highest BCUT2D eigenvalue weighted by Crippen LogP contribution is 2.28. The second kappa shape index (κ2) is 7.09. The molecule has 1 aromatic rings. The number of likely N-dealkylation sites (N-methyl/N-ethyl adjacent to an activating group) is 1. The van der Waals surface area contributed by atoms with Crippen LogP contribution in [0.15, 0.2) is 28.7 Å². The average molecular weight is 354 g/mol. The van der Waals surface area contributed by atoms with Crippen molar-refractivity contribution in [3.05, 3.63) is 34.3 Å². The maximum atomic E-state index is 12.1. The van der Waals surface area contributed by atoms with Crippen molar-refractivity contribution in [3.8, 4) is 5.75 Å². The number of aliphatic hydroxyl groups is 1. The second-order valence-corrected chi connectivity index (χ2v) is 6.35. The Bertz CT molecular complexity index is 538. The van der Waals surface area contributed by atoms with Gasteiger partial charge in [-0.1, -0.05) is 15.9 Å². The number of hydrogen-bond acceptors (Lipinski definition) is 3. The van der Waals surface area contributed by atoms with Gasteiger partial charge in [0.2, 0.25) is 5.91 Å². The van der Waals surface area contributed by atoms with Crippen molar-refractivity contribution in [3.63, 3.8) is 0 Å². The van der Waals surface area contributed by atoms with Gasteiger partial charge in [-0.3, -0.25) is 4.79 Å². The molecule has 0 atom stereocenters. The molecule has 2 rings (SSSR count). The highest BCUT2D eigenvalue weighted by molar-refractivity contribution is 9.10. The number of ether oxygens (including phenoxy) is 1. The smallest absolute Gasteiger partial charge is 0.246 e.